The Morgan fingerprint density at radius 2 is 1.33 bits per heavy atom. The normalized spacial score (nSPS) is 17.3. The lowest BCUT2D eigenvalue weighted by molar-refractivity contribution is 0.857. The van der Waals surface area contributed by atoms with Crippen molar-refractivity contribution in [3.63, 3.8) is 0 Å². The van der Waals surface area contributed by atoms with Crippen molar-refractivity contribution in [2.75, 3.05) is 13.1 Å². The van der Waals surface area contributed by atoms with Crippen molar-refractivity contribution in [3.05, 3.63) is 0 Å². The maximum atomic E-state index is 4.81. The fourth-order valence-electron chi connectivity index (χ4n) is 0.625. The highest BCUT2D eigenvalue weighted by Crippen LogP contribution is 2.03. The van der Waals surface area contributed by atoms with Gasteiger partial charge in [-0.2, -0.15) is 0 Å². The third-order valence-electron chi connectivity index (χ3n) is 0.957. The van der Waals surface area contributed by atoms with Crippen molar-refractivity contribution in [1.29, 1.82) is 0 Å². The van der Waals surface area contributed by atoms with Gasteiger partial charge < -0.3 is 5.32 Å². The molecule has 0 radical (unpaired) electrons. The highest BCUT2D eigenvalue weighted by Gasteiger charge is 1.93. The van der Waals surface area contributed by atoms with Crippen LogP contribution in [0.5, 0.6) is 0 Å². The Labute approximate surface area is 70.7 Å². The first-order chi connectivity index (χ1) is 4.23. The molecule has 0 spiro atoms. The Morgan fingerprint density at radius 3 is 1.44 bits per heavy atom. The number of alkyl halides is 3. The van der Waals surface area contributed by atoms with E-state index < -0.39 is 4.30 Å². The standard InChI is InChI=1S/C4H9N.CHCl3/c1-2-4-5-3-1;2-1(3)4/h5H,1-4H2;1H. The second-order valence-electron chi connectivity index (χ2n) is 1.70. The molecule has 1 fully saturated rings. The van der Waals surface area contributed by atoms with E-state index in [1.54, 1.807) is 0 Å². The second kappa shape index (κ2) is 6.94. The van der Waals surface area contributed by atoms with Crippen LogP contribution in [-0.2, 0) is 0 Å². The van der Waals surface area contributed by atoms with Crippen molar-refractivity contribution in [2.45, 2.75) is 17.1 Å². The molecule has 0 aromatic carbocycles. The third-order valence-corrected chi connectivity index (χ3v) is 0.957. The summed E-state index contributed by atoms with van der Waals surface area (Å²) in [7, 11) is 0. The Balaban J connectivity index is 0.000000148. The fraction of sp³-hybridized carbons (Fsp3) is 1.00. The quantitative estimate of drug-likeness (QED) is 0.578. The van der Waals surface area contributed by atoms with Gasteiger partial charge in [0.15, 0.2) is 4.30 Å². The Morgan fingerprint density at radius 1 is 1.00 bits per heavy atom. The number of hydrogen-bond donors (Lipinski definition) is 1. The smallest absolute Gasteiger partial charge is 0.180 e. The van der Waals surface area contributed by atoms with Gasteiger partial charge in [-0.25, -0.2) is 0 Å². The molecule has 0 unspecified atom stereocenters. The molecule has 0 saturated carbocycles. The zero-order valence-corrected chi connectivity index (χ0v) is 7.31. The summed E-state index contributed by atoms with van der Waals surface area (Å²) in [6.07, 6.45) is 2.78. The summed E-state index contributed by atoms with van der Waals surface area (Å²) >= 11 is 14.4. The van der Waals surface area contributed by atoms with Crippen molar-refractivity contribution >= 4 is 34.8 Å². The molecule has 0 aliphatic carbocycles. The molecule has 4 heteroatoms. The van der Waals surface area contributed by atoms with Gasteiger partial charge >= 0.3 is 0 Å². The molecule has 1 N–H and O–H groups in total. The summed E-state index contributed by atoms with van der Waals surface area (Å²) in [4.78, 5) is 0. The maximum Gasteiger partial charge on any atom is 0.180 e. The van der Waals surface area contributed by atoms with E-state index in [4.69, 9.17) is 34.8 Å². The first kappa shape index (κ1) is 9.83. The van der Waals surface area contributed by atoms with Crippen LogP contribution in [0.15, 0.2) is 0 Å². The average molecular weight is 191 g/mol. The first-order valence-electron chi connectivity index (χ1n) is 2.86. The third kappa shape index (κ3) is 12.1. The summed E-state index contributed by atoms with van der Waals surface area (Å²) in [6, 6.07) is 0. The zero-order valence-electron chi connectivity index (χ0n) is 5.04. The van der Waals surface area contributed by atoms with Crippen LogP contribution in [0.25, 0.3) is 0 Å². The lowest BCUT2D eigenvalue weighted by Gasteiger charge is -1.76. The minimum atomic E-state index is -0.750. The first-order valence-corrected chi connectivity index (χ1v) is 4.17. The molecule has 1 saturated heterocycles. The summed E-state index contributed by atoms with van der Waals surface area (Å²) in [5.74, 6) is 0. The van der Waals surface area contributed by atoms with Crippen LogP contribution in [0.3, 0.4) is 0 Å². The Bertz CT molecular complexity index is 43.8. The van der Waals surface area contributed by atoms with Crippen molar-refractivity contribution in [2.24, 2.45) is 0 Å². The van der Waals surface area contributed by atoms with E-state index in [2.05, 4.69) is 5.32 Å². The van der Waals surface area contributed by atoms with Crippen LogP contribution in [0.1, 0.15) is 12.8 Å². The van der Waals surface area contributed by atoms with Gasteiger partial charge in [-0.1, -0.05) is 34.8 Å². The van der Waals surface area contributed by atoms with Gasteiger partial charge in [-0.15, -0.1) is 0 Å². The summed E-state index contributed by atoms with van der Waals surface area (Å²) < 4.78 is -0.750. The number of halogens is 3. The predicted octanol–water partition coefficient (Wildman–Crippen LogP) is 2.36. The Hall–Kier alpha value is 0.830. The minimum Gasteiger partial charge on any atom is -0.317 e. The highest BCUT2D eigenvalue weighted by molar-refractivity contribution is 6.63. The topological polar surface area (TPSA) is 12.0 Å². The number of hydrogen-bond acceptors (Lipinski definition) is 1. The van der Waals surface area contributed by atoms with Crippen LogP contribution in [0.2, 0.25) is 0 Å². The van der Waals surface area contributed by atoms with E-state index >= 15 is 0 Å². The summed E-state index contributed by atoms with van der Waals surface area (Å²) in [6.45, 7) is 2.50. The molecule has 0 aromatic rings. The predicted molar refractivity (Wildman–Crippen MR) is 43.5 cm³/mol. The van der Waals surface area contributed by atoms with Crippen molar-refractivity contribution in [3.8, 4) is 0 Å². The molecule has 0 amide bonds. The van der Waals surface area contributed by atoms with Crippen LogP contribution < -0.4 is 5.32 Å². The van der Waals surface area contributed by atoms with E-state index in [9.17, 15) is 0 Å². The average Bonchev–Trinajstić information content (AvgIpc) is 2.11. The fourth-order valence-corrected chi connectivity index (χ4v) is 0.625. The van der Waals surface area contributed by atoms with Crippen LogP contribution in [0, 0.1) is 0 Å². The molecule has 1 heterocycles. The highest BCUT2D eigenvalue weighted by atomic mass is 35.6. The molecular weight excluding hydrogens is 180 g/mol. The molecule has 1 nitrogen and oxygen atoms in total. The Kier molecular flexibility index (Phi) is 7.58. The van der Waals surface area contributed by atoms with Crippen molar-refractivity contribution < 1.29 is 0 Å². The van der Waals surface area contributed by atoms with Gasteiger partial charge in [-0.05, 0) is 25.9 Å². The van der Waals surface area contributed by atoms with E-state index in [1.165, 1.54) is 25.9 Å². The molecule has 56 valence electrons. The monoisotopic (exact) mass is 189 g/mol. The summed E-state index contributed by atoms with van der Waals surface area (Å²) in [5.41, 5.74) is 0. The minimum absolute atomic E-state index is 0.750. The van der Waals surface area contributed by atoms with Gasteiger partial charge in [0.25, 0.3) is 0 Å². The summed E-state index contributed by atoms with van der Waals surface area (Å²) in [5, 5.41) is 3.22. The maximum absolute atomic E-state index is 4.81. The van der Waals surface area contributed by atoms with Gasteiger partial charge in [0, 0.05) is 0 Å². The zero-order chi connectivity index (χ0) is 7.11. The van der Waals surface area contributed by atoms with Crippen LogP contribution in [-0.4, -0.2) is 17.4 Å². The second-order valence-corrected chi connectivity index (χ2v) is 3.68. The van der Waals surface area contributed by atoms with Gasteiger partial charge in [0.1, 0.15) is 0 Å². The number of rotatable bonds is 0. The molecule has 0 atom stereocenters. The largest absolute Gasteiger partial charge is 0.317 e. The lowest BCUT2D eigenvalue weighted by Crippen LogP contribution is -2.03. The van der Waals surface area contributed by atoms with E-state index in [0.29, 0.717) is 0 Å². The van der Waals surface area contributed by atoms with Crippen LogP contribution >= 0.6 is 34.8 Å². The molecule has 0 bridgehead atoms. The molecular formula is C5H10Cl3N. The van der Waals surface area contributed by atoms with Gasteiger partial charge in [-0.3, -0.25) is 0 Å². The molecule has 0 aromatic heterocycles. The number of nitrogens with one attached hydrogen (secondary N) is 1. The lowest BCUT2D eigenvalue weighted by atomic mass is 10.4. The molecule has 1 aliphatic heterocycles. The van der Waals surface area contributed by atoms with Crippen LogP contribution in [0.4, 0.5) is 0 Å². The van der Waals surface area contributed by atoms with Gasteiger partial charge in [0.05, 0.1) is 0 Å². The van der Waals surface area contributed by atoms with Gasteiger partial charge in [0.2, 0.25) is 0 Å². The molecule has 9 heavy (non-hydrogen) atoms. The molecule has 1 aliphatic rings. The van der Waals surface area contributed by atoms with Crippen molar-refractivity contribution in [1.82, 2.24) is 5.32 Å². The van der Waals surface area contributed by atoms with E-state index in [-0.39, 0.29) is 0 Å². The molecule has 1 rings (SSSR count). The van der Waals surface area contributed by atoms with E-state index in [0.717, 1.165) is 0 Å². The van der Waals surface area contributed by atoms with E-state index in [1.807, 2.05) is 0 Å². The SMILES string of the molecule is C1CCNC1.ClC(Cl)Cl.